The molecule has 2 aromatic heterocycles. The number of aliphatic hydroxyl groups is 2. The van der Waals surface area contributed by atoms with Gasteiger partial charge >= 0.3 is 0 Å². The van der Waals surface area contributed by atoms with Gasteiger partial charge in [-0.1, -0.05) is 12.2 Å². The van der Waals surface area contributed by atoms with E-state index in [0.29, 0.717) is 15.8 Å². The fraction of sp³-hybridized carbons (Fsp3) is 0.500. The normalized spacial score (nSPS) is 32.2. The lowest BCUT2D eigenvalue weighted by molar-refractivity contribution is -0.0299. The van der Waals surface area contributed by atoms with Crippen molar-refractivity contribution < 1.29 is 14.9 Å². The summed E-state index contributed by atoms with van der Waals surface area (Å²) in [7, 11) is 0. The van der Waals surface area contributed by atoms with Crippen molar-refractivity contribution in [1.29, 1.82) is 0 Å². The standard InChI is InChI=1S/C10H12N4O3S/c1-4-6(15)7(16)10(17-4)14-3-13-5-8(14)11-2-12-9(5)18/h2-4,6-7,10,15-16H,1H3,(H,11,12,18)/t4-,6+,7-,10-/m1/s1. The largest absolute Gasteiger partial charge is 0.388 e. The van der Waals surface area contributed by atoms with Crippen LogP contribution >= 0.6 is 12.2 Å². The van der Waals surface area contributed by atoms with Crippen molar-refractivity contribution in [3.63, 3.8) is 0 Å². The number of H-pyrrole nitrogens is 1. The molecular formula is C10H12N4O3S. The summed E-state index contributed by atoms with van der Waals surface area (Å²) in [5.41, 5.74) is 1.15. The van der Waals surface area contributed by atoms with Gasteiger partial charge in [0.05, 0.1) is 18.8 Å². The van der Waals surface area contributed by atoms with Crippen LogP contribution in [0, 0.1) is 4.64 Å². The number of fused-ring (bicyclic) bond motifs is 1. The Kier molecular flexibility index (Phi) is 2.67. The van der Waals surface area contributed by atoms with E-state index in [1.165, 1.54) is 12.7 Å². The Morgan fingerprint density at radius 1 is 1.39 bits per heavy atom. The summed E-state index contributed by atoms with van der Waals surface area (Å²) in [5, 5.41) is 19.7. The number of ether oxygens (including phenoxy) is 1. The maximum Gasteiger partial charge on any atom is 0.165 e. The van der Waals surface area contributed by atoms with Crippen molar-refractivity contribution in [2.45, 2.75) is 31.5 Å². The van der Waals surface area contributed by atoms with Crippen molar-refractivity contribution in [2.75, 3.05) is 0 Å². The Bertz CT molecular complexity index is 639. The quantitative estimate of drug-likeness (QED) is 0.636. The third kappa shape index (κ3) is 1.57. The van der Waals surface area contributed by atoms with Crippen molar-refractivity contribution in [1.82, 2.24) is 19.5 Å². The predicted molar refractivity (Wildman–Crippen MR) is 64.3 cm³/mol. The zero-order valence-corrected chi connectivity index (χ0v) is 10.3. The molecule has 2 aromatic rings. The lowest BCUT2D eigenvalue weighted by Gasteiger charge is -2.16. The first kappa shape index (κ1) is 11.7. The molecular weight excluding hydrogens is 256 g/mol. The number of aromatic nitrogens is 4. The average molecular weight is 268 g/mol. The van der Waals surface area contributed by atoms with E-state index >= 15 is 0 Å². The van der Waals surface area contributed by atoms with Crippen LogP contribution < -0.4 is 0 Å². The van der Waals surface area contributed by atoms with Crippen LogP contribution in [0.15, 0.2) is 12.7 Å². The van der Waals surface area contributed by atoms with E-state index in [9.17, 15) is 10.2 Å². The second kappa shape index (κ2) is 4.09. The fourth-order valence-electron chi connectivity index (χ4n) is 2.12. The van der Waals surface area contributed by atoms with Crippen LogP contribution in [0.1, 0.15) is 13.2 Å². The molecule has 18 heavy (non-hydrogen) atoms. The van der Waals surface area contributed by atoms with Crippen LogP contribution in [0.25, 0.3) is 11.2 Å². The molecule has 1 saturated heterocycles. The van der Waals surface area contributed by atoms with E-state index in [1.807, 2.05) is 0 Å². The molecule has 1 aliphatic heterocycles. The van der Waals surface area contributed by atoms with Crippen LogP contribution in [0.4, 0.5) is 0 Å². The minimum absolute atomic E-state index is 0.378. The molecule has 7 nitrogen and oxygen atoms in total. The van der Waals surface area contributed by atoms with Crippen LogP contribution in [0.2, 0.25) is 0 Å². The van der Waals surface area contributed by atoms with Gasteiger partial charge in [-0.3, -0.25) is 4.57 Å². The molecule has 0 saturated carbocycles. The molecule has 3 rings (SSSR count). The van der Waals surface area contributed by atoms with Crippen molar-refractivity contribution in [3.8, 4) is 0 Å². The fourth-order valence-corrected chi connectivity index (χ4v) is 2.33. The van der Waals surface area contributed by atoms with Gasteiger partial charge in [-0.25, -0.2) is 9.97 Å². The third-order valence-corrected chi connectivity index (χ3v) is 3.43. The molecule has 0 unspecified atom stereocenters. The van der Waals surface area contributed by atoms with Gasteiger partial charge in [0.15, 0.2) is 10.9 Å². The molecule has 8 heteroatoms. The highest BCUT2D eigenvalue weighted by Crippen LogP contribution is 2.30. The smallest absolute Gasteiger partial charge is 0.165 e. The Morgan fingerprint density at radius 3 is 2.83 bits per heavy atom. The molecule has 3 N–H and O–H groups in total. The second-order valence-corrected chi connectivity index (χ2v) is 4.66. The minimum atomic E-state index is -1.01. The molecule has 0 aromatic carbocycles. The SMILES string of the molecule is C[C@H]1O[C@@H](n2cnc3c(=S)nc[nH]c32)[C@H](O)[C@H]1O. The Labute approximate surface area is 107 Å². The van der Waals surface area contributed by atoms with E-state index < -0.39 is 24.5 Å². The van der Waals surface area contributed by atoms with Crippen molar-refractivity contribution >= 4 is 23.4 Å². The van der Waals surface area contributed by atoms with Gasteiger partial charge < -0.3 is 19.9 Å². The highest BCUT2D eigenvalue weighted by molar-refractivity contribution is 7.71. The van der Waals surface area contributed by atoms with Gasteiger partial charge in [-0.2, -0.15) is 0 Å². The van der Waals surface area contributed by atoms with E-state index in [1.54, 1.807) is 11.5 Å². The van der Waals surface area contributed by atoms with E-state index in [-0.39, 0.29) is 0 Å². The Morgan fingerprint density at radius 2 is 2.17 bits per heavy atom. The topological polar surface area (TPSA) is 96.2 Å². The zero-order chi connectivity index (χ0) is 12.9. The predicted octanol–water partition coefficient (Wildman–Crippen LogP) is 0.128. The molecule has 0 amide bonds. The van der Waals surface area contributed by atoms with Gasteiger partial charge in [0, 0.05) is 0 Å². The first-order valence-electron chi connectivity index (χ1n) is 5.51. The zero-order valence-electron chi connectivity index (χ0n) is 9.52. The van der Waals surface area contributed by atoms with E-state index in [0.717, 1.165) is 0 Å². The Balaban J connectivity index is 2.11. The summed E-state index contributed by atoms with van der Waals surface area (Å²) in [5.74, 6) is 0. The maximum atomic E-state index is 9.95. The summed E-state index contributed by atoms with van der Waals surface area (Å²) in [6.45, 7) is 1.71. The highest BCUT2D eigenvalue weighted by atomic mass is 32.1. The Hall–Kier alpha value is -1.35. The number of hydrogen-bond donors (Lipinski definition) is 3. The lowest BCUT2D eigenvalue weighted by atomic mass is 10.1. The maximum absolute atomic E-state index is 9.95. The van der Waals surface area contributed by atoms with Crippen LogP contribution in [0.5, 0.6) is 0 Å². The molecule has 1 fully saturated rings. The summed E-state index contributed by atoms with van der Waals surface area (Å²) >= 11 is 5.06. The van der Waals surface area contributed by atoms with Crippen LogP contribution in [-0.4, -0.2) is 48.0 Å². The molecule has 0 spiro atoms. The summed E-state index contributed by atoms with van der Waals surface area (Å²) < 4.78 is 7.52. The number of rotatable bonds is 1. The monoisotopic (exact) mass is 268 g/mol. The number of imidazole rings is 1. The minimum Gasteiger partial charge on any atom is -0.388 e. The number of hydrogen-bond acceptors (Lipinski definition) is 6. The van der Waals surface area contributed by atoms with Crippen molar-refractivity contribution in [3.05, 3.63) is 17.3 Å². The molecule has 0 radical (unpaired) electrons. The first-order chi connectivity index (χ1) is 8.59. The van der Waals surface area contributed by atoms with Crippen LogP contribution in [-0.2, 0) is 4.74 Å². The van der Waals surface area contributed by atoms with Gasteiger partial charge in [0.1, 0.15) is 23.4 Å². The number of nitrogens with zero attached hydrogens (tertiary/aromatic N) is 3. The number of aliphatic hydroxyl groups excluding tert-OH is 2. The van der Waals surface area contributed by atoms with Gasteiger partial charge in [-0.05, 0) is 6.92 Å². The third-order valence-electron chi connectivity index (χ3n) is 3.13. The lowest BCUT2D eigenvalue weighted by Crippen LogP contribution is -2.30. The molecule has 4 atom stereocenters. The first-order valence-corrected chi connectivity index (χ1v) is 5.92. The molecule has 1 aliphatic rings. The van der Waals surface area contributed by atoms with Gasteiger partial charge in [0.25, 0.3) is 0 Å². The number of nitrogens with one attached hydrogen (secondary N) is 1. The molecule has 0 bridgehead atoms. The average Bonchev–Trinajstić information content (AvgIpc) is 2.88. The number of aromatic amines is 1. The van der Waals surface area contributed by atoms with E-state index in [2.05, 4.69) is 15.0 Å². The molecule has 0 aliphatic carbocycles. The van der Waals surface area contributed by atoms with Gasteiger partial charge in [0.2, 0.25) is 0 Å². The summed E-state index contributed by atoms with van der Waals surface area (Å²) in [4.78, 5) is 11.0. The van der Waals surface area contributed by atoms with Crippen molar-refractivity contribution in [2.24, 2.45) is 0 Å². The summed E-state index contributed by atoms with van der Waals surface area (Å²) in [6.07, 6.45) is -0.0773. The van der Waals surface area contributed by atoms with Gasteiger partial charge in [-0.15, -0.1) is 0 Å². The molecule has 3 heterocycles. The molecule has 96 valence electrons. The highest BCUT2D eigenvalue weighted by Gasteiger charge is 2.41. The van der Waals surface area contributed by atoms with Crippen LogP contribution in [0.3, 0.4) is 0 Å². The van der Waals surface area contributed by atoms with E-state index in [4.69, 9.17) is 17.0 Å². The second-order valence-electron chi connectivity index (χ2n) is 4.27. The summed E-state index contributed by atoms with van der Waals surface area (Å²) in [6, 6.07) is 0.